The molecule has 0 bridgehead atoms. The van der Waals surface area contributed by atoms with Crippen LogP contribution in [0.25, 0.3) is 0 Å². The highest BCUT2D eigenvalue weighted by Gasteiger charge is 2.47. The van der Waals surface area contributed by atoms with Crippen LogP contribution in [0.5, 0.6) is 0 Å². The van der Waals surface area contributed by atoms with E-state index in [1.54, 1.807) is 0 Å². The molecule has 0 aromatic heterocycles. The summed E-state index contributed by atoms with van der Waals surface area (Å²) in [7, 11) is 1.42. The molecule has 0 unspecified atom stereocenters. The van der Waals surface area contributed by atoms with Crippen molar-refractivity contribution in [1.82, 2.24) is 4.90 Å². The van der Waals surface area contributed by atoms with E-state index in [1.165, 1.54) is 14.0 Å². The number of amides is 1. The number of hydrogen-bond donors (Lipinski definition) is 0. The van der Waals surface area contributed by atoms with Gasteiger partial charge in [-0.3, -0.25) is 4.79 Å². The quantitative estimate of drug-likeness (QED) is 0.701. The van der Waals surface area contributed by atoms with Crippen molar-refractivity contribution in [3.8, 4) is 0 Å². The summed E-state index contributed by atoms with van der Waals surface area (Å²) < 4.78 is 31.0. The molecule has 1 saturated heterocycles. The van der Waals surface area contributed by atoms with Gasteiger partial charge in [-0.2, -0.15) is 0 Å². The predicted octanol–water partition coefficient (Wildman–Crippen LogP) is 1.50. The fourth-order valence-corrected chi connectivity index (χ4v) is 1.85. The zero-order chi connectivity index (χ0) is 11.6. The average molecular weight is 242 g/mol. The number of ether oxygens (including phenoxy) is 1. The van der Waals surface area contributed by atoms with Crippen LogP contribution in [0.4, 0.5) is 8.78 Å². The molecule has 0 aromatic rings. The Morgan fingerprint density at radius 1 is 1.73 bits per heavy atom. The molecule has 0 radical (unpaired) electrons. The monoisotopic (exact) mass is 241 g/mol. The van der Waals surface area contributed by atoms with E-state index in [1.807, 2.05) is 0 Å². The van der Waals surface area contributed by atoms with Crippen LogP contribution < -0.4 is 0 Å². The van der Waals surface area contributed by atoms with Gasteiger partial charge in [0, 0.05) is 13.5 Å². The Hall–Kier alpha value is -0.420. The number of hydrogen-bond acceptors (Lipinski definition) is 2. The minimum absolute atomic E-state index is 0.116. The fraction of sp³-hybridized carbons (Fsp3) is 0.889. The summed E-state index contributed by atoms with van der Waals surface area (Å²) in [5.74, 6) is -3.29. The van der Waals surface area contributed by atoms with Crippen LogP contribution in [0, 0.1) is 0 Å². The van der Waals surface area contributed by atoms with Gasteiger partial charge in [0.05, 0.1) is 19.2 Å². The largest absolute Gasteiger partial charge is 0.383 e. The number of carbonyl (C=O) groups excluding carboxylic acids is 1. The summed E-state index contributed by atoms with van der Waals surface area (Å²) in [5.41, 5.74) is 0. The third-order valence-corrected chi connectivity index (χ3v) is 2.55. The van der Waals surface area contributed by atoms with E-state index in [0.717, 1.165) is 4.90 Å². The Morgan fingerprint density at radius 3 is 2.80 bits per heavy atom. The molecular weight excluding hydrogens is 228 g/mol. The minimum Gasteiger partial charge on any atom is -0.383 e. The van der Waals surface area contributed by atoms with Crippen molar-refractivity contribution in [2.24, 2.45) is 0 Å². The first-order valence-electron chi connectivity index (χ1n) is 4.68. The summed E-state index contributed by atoms with van der Waals surface area (Å²) in [4.78, 5) is 12.6. The normalized spacial score (nSPS) is 26.7. The molecule has 0 spiro atoms. The lowest BCUT2D eigenvalue weighted by atomic mass is 10.2. The smallest absolute Gasteiger partial charge is 0.267 e. The zero-order valence-corrected chi connectivity index (χ0v) is 9.43. The van der Waals surface area contributed by atoms with Crippen molar-refractivity contribution in [3.05, 3.63) is 0 Å². The van der Waals surface area contributed by atoms with Crippen LogP contribution in [0.2, 0.25) is 0 Å². The van der Waals surface area contributed by atoms with E-state index in [9.17, 15) is 13.6 Å². The number of carbonyl (C=O) groups is 1. The topological polar surface area (TPSA) is 29.5 Å². The van der Waals surface area contributed by atoms with Crippen LogP contribution >= 0.6 is 11.6 Å². The van der Waals surface area contributed by atoms with Crippen LogP contribution in [0.15, 0.2) is 0 Å². The lowest BCUT2D eigenvalue weighted by Gasteiger charge is -2.24. The number of alkyl halides is 3. The van der Waals surface area contributed by atoms with Gasteiger partial charge >= 0.3 is 0 Å². The van der Waals surface area contributed by atoms with Crippen molar-refractivity contribution in [2.75, 3.05) is 20.3 Å². The highest BCUT2D eigenvalue weighted by atomic mass is 35.5. The molecular formula is C9H14ClF2NO2. The summed E-state index contributed by atoms with van der Waals surface area (Å²) in [5, 5.41) is -0.779. The lowest BCUT2D eigenvalue weighted by molar-refractivity contribution is -0.133. The molecule has 1 rings (SSSR count). The second-order valence-corrected chi connectivity index (χ2v) is 4.41. The Bertz CT molecular complexity index is 248. The van der Waals surface area contributed by atoms with Crippen LogP contribution in [0.1, 0.15) is 13.3 Å². The number of methoxy groups -OCH3 is 1. The SMILES string of the molecule is COC[C@@H]1CC(F)(F)CN1C(=O)[C@H](C)Cl. The van der Waals surface area contributed by atoms with E-state index < -0.39 is 29.8 Å². The van der Waals surface area contributed by atoms with Crippen LogP contribution in [-0.4, -0.2) is 48.4 Å². The molecule has 6 heteroatoms. The number of likely N-dealkylation sites (tertiary alicyclic amines) is 1. The first-order valence-corrected chi connectivity index (χ1v) is 5.12. The number of nitrogens with zero attached hydrogens (tertiary/aromatic N) is 1. The van der Waals surface area contributed by atoms with Crippen molar-refractivity contribution < 1.29 is 18.3 Å². The second-order valence-electron chi connectivity index (χ2n) is 3.75. The van der Waals surface area contributed by atoms with E-state index in [4.69, 9.17) is 16.3 Å². The first kappa shape index (κ1) is 12.6. The molecule has 3 nitrogen and oxygen atoms in total. The number of halogens is 3. The van der Waals surface area contributed by atoms with Gasteiger partial charge in [0.15, 0.2) is 0 Å². The maximum Gasteiger partial charge on any atom is 0.267 e. The molecule has 2 atom stereocenters. The summed E-state index contributed by atoms with van der Waals surface area (Å²) >= 11 is 5.59. The van der Waals surface area contributed by atoms with Gasteiger partial charge < -0.3 is 9.64 Å². The highest BCUT2D eigenvalue weighted by Crippen LogP contribution is 2.32. The Kier molecular flexibility index (Phi) is 3.89. The molecule has 1 heterocycles. The first-order chi connectivity index (χ1) is 6.87. The fourth-order valence-electron chi connectivity index (χ4n) is 1.73. The Balaban J connectivity index is 2.72. The molecule has 15 heavy (non-hydrogen) atoms. The van der Waals surface area contributed by atoms with Gasteiger partial charge in [-0.1, -0.05) is 0 Å². The minimum atomic E-state index is -2.83. The van der Waals surface area contributed by atoms with Gasteiger partial charge in [0.1, 0.15) is 5.38 Å². The molecule has 1 aliphatic heterocycles. The molecule has 0 N–H and O–H groups in total. The van der Waals surface area contributed by atoms with Crippen molar-refractivity contribution >= 4 is 17.5 Å². The van der Waals surface area contributed by atoms with Gasteiger partial charge in [-0.05, 0) is 6.92 Å². The Labute approximate surface area is 92.3 Å². The maximum absolute atomic E-state index is 13.1. The van der Waals surface area contributed by atoms with Crippen LogP contribution in [-0.2, 0) is 9.53 Å². The van der Waals surface area contributed by atoms with Crippen LogP contribution in [0.3, 0.4) is 0 Å². The molecule has 0 saturated carbocycles. The van der Waals surface area contributed by atoms with Crippen molar-refractivity contribution in [3.63, 3.8) is 0 Å². The zero-order valence-electron chi connectivity index (χ0n) is 8.67. The van der Waals surface area contributed by atoms with Gasteiger partial charge in [0.25, 0.3) is 5.92 Å². The van der Waals surface area contributed by atoms with Gasteiger partial charge in [-0.15, -0.1) is 11.6 Å². The molecule has 1 aliphatic rings. The number of rotatable bonds is 3. The standard InChI is InChI=1S/C9H14ClF2NO2/c1-6(10)8(14)13-5-9(11,12)3-7(13)4-15-2/h6-7H,3-5H2,1-2H3/t6-,7-/m0/s1. The van der Waals surface area contributed by atoms with Crippen molar-refractivity contribution in [1.29, 1.82) is 0 Å². The maximum atomic E-state index is 13.1. The molecule has 1 fully saturated rings. The third-order valence-electron chi connectivity index (χ3n) is 2.36. The molecule has 1 amide bonds. The van der Waals surface area contributed by atoms with Gasteiger partial charge in [-0.25, -0.2) is 8.78 Å². The summed E-state index contributed by atoms with van der Waals surface area (Å²) in [6.07, 6.45) is -0.351. The van der Waals surface area contributed by atoms with Gasteiger partial charge in [0.2, 0.25) is 5.91 Å². The molecule has 0 aliphatic carbocycles. The molecule has 0 aromatic carbocycles. The van der Waals surface area contributed by atoms with E-state index >= 15 is 0 Å². The second kappa shape index (κ2) is 4.61. The van der Waals surface area contributed by atoms with E-state index in [0.29, 0.717) is 0 Å². The predicted molar refractivity (Wildman–Crippen MR) is 52.3 cm³/mol. The van der Waals surface area contributed by atoms with E-state index in [2.05, 4.69) is 0 Å². The average Bonchev–Trinajstić information content (AvgIpc) is 2.40. The summed E-state index contributed by atoms with van der Waals surface area (Å²) in [6, 6.07) is -0.571. The lowest BCUT2D eigenvalue weighted by Crippen LogP contribution is -2.42. The highest BCUT2D eigenvalue weighted by molar-refractivity contribution is 6.30. The van der Waals surface area contributed by atoms with E-state index in [-0.39, 0.29) is 13.0 Å². The molecule has 88 valence electrons. The van der Waals surface area contributed by atoms with Crippen molar-refractivity contribution in [2.45, 2.75) is 30.7 Å². The summed E-state index contributed by atoms with van der Waals surface area (Å²) in [6.45, 7) is 1.03. The Morgan fingerprint density at radius 2 is 2.33 bits per heavy atom. The third kappa shape index (κ3) is 3.01.